The highest BCUT2D eigenvalue weighted by Gasteiger charge is 2.17. The third-order valence-electron chi connectivity index (χ3n) is 2.96. The summed E-state index contributed by atoms with van der Waals surface area (Å²) in [6.45, 7) is 0. The number of hydrogen-bond donors (Lipinski definition) is 2. The van der Waals surface area contributed by atoms with Crippen LogP contribution in [0.4, 0.5) is 5.69 Å². The molecule has 0 spiro atoms. The second kappa shape index (κ2) is 8.21. The van der Waals surface area contributed by atoms with Crippen LogP contribution in [-0.2, 0) is 0 Å². The van der Waals surface area contributed by atoms with Crippen molar-refractivity contribution in [3.8, 4) is 0 Å². The number of nitrogens with zero attached hydrogens (tertiary/aromatic N) is 2. The molecule has 1 aliphatic rings. The summed E-state index contributed by atoms with van der Waals surface area (Å²) in [6.07, 6.45) is 4.10. The molecule has 2 rings (SSSR count). The number of carboxylic acid groups (broad SMARTS) is 1. The van der Waals surface area contributed by atoms with Crippen LogP contribution in [0, 0.1) is 10.1 Å². The quantitative estimate of drug-likeness (QED) is 0.376. The fourth-order valence-corrected chi connectivity index (χ4v) is 2.10. The second-order valence-electron chi connectivity index (χ2n) is 4.41. The lowest BCUT2D eigenvalue weighted by Gasteiger charge is -2.15. The maximum atomic E-state index is 10.3. The molecule has 0 amide bonds. The molecule has 1 unspecified atom stereocenters. The van der Waals surface area contributed by atoms with Gasteiger partial charge in [-0.3, -0.25) is 10.1 Å². The molecule has 8 heteroatoms. The Labute approximate surface area is 126 Å². The van der Waals surface area contributed by atoms with Crippen molar-refractivity contribution in [1.82, 2.24) is 0 Å². The Hall–Kier alpha value is -2.15. The Balaban J connectivity index is 0.000000219. The minimum atomic E-state index is -1.09. The van der Waals surface area contributed by atoms with Crippen molar-refractivity contribution in [1.29, 1.82) is 0 Å². The lowest BCUT2D eigenvalue weighted by atomic mass is 9.98. The molecular weight excluding hydrogens is 300 g/mol. The van der Waals surface area contributed by atoms with Gasteiger partial charge in [0.05, 0.1) is 21.6 Å². The highest BCUT2D eigenvalue weighted by Crippen LogP contribution is 2.19. The molecule has 1 atom stereocenters. The average molecular weight is 315 g/mol. The number of rotatable bonds is 2. The van der Waals surface area contributed by atoms with E-state index in [1.54, 1.807) is 0 Å². The van der Waals surface area contributed by atoms with Gasteiger partial charge in [-0.1, -0.05) is 11.6 Å². The van der Waals surface area contributed by atoms with Crippen LogP contribution in [0.1, 0.15) is 36.0 Å². The number of hydrogen-bond acceptors (Lipinski definition) is 5. The summed E-state index contributed by atoms with van der Waals surface area (Å²) < 4.78 is 0. The van der Waals surface area contributed by atoms with Crippen LogP contribution in [0.25, 0.3) is 0 Å². The van der Waals surface area contributed by atoms with Crippen LogP contribution in [0.3, 0.4) is 0 Å². The monoisotopic (exact) mass is 314 g/mol. The van der Waals surface area contributed by atoms with Crippen molar-refractivity contribution < 1.29 is 20.0 Å². The summed E-state index contributed by atoms with van der Waals surface area (Å²) in [7, 11) is 0. The molecule has 1 fully saturated rings. The van der Waals surface area contributed by atoms with E-state index in [9.17, 15) is 14.9 Å². The number of aromatic carboxylic acids is 1. The Bertz CT molecular complexity index is 497. The van der Waals surface area contributed by atoms with Gasteiger partial charge in [0.25, 0.3) is 5.69 Å². The molecule has 1 aromatic carbocycles. The minimum Gasteiger partial charge on any atom is -0.478 e. The van der Waals surface area contributed by atoms with E-state index < -0.39 is 10.9 Å². The van der Waals surface area contributed by atoms with E-state index in [-0.39, 0.29) is 16.6 Å². The van der Waals surface area contributed by atoms with E-state index in [1.165, 1.54) is 12.1 Å². The van der Waals surface area contributed by atoms with E-state index in [4.69, 9.17) is 21.9 Å². The fraction of sp³-hybridized carbons (Fsp3) is 0.385. The molecule has 2 N–H and O–H groups in total. The molecule has 0 radical (unpaired) electrons. The van der Waals surface area contributed by atoms with Gasteiger partial charge in [-0.25, -0.2) is 4.79 Å². The standard InChI is InChI=1S/C7H5NO4.C6H10ClNO/c9-7(10)5-1-3-6(4-2-5)8(11)12;7-5-3-1-2-4-6(5)8-9/h1-4H,(H,9,10);5,9H,1-4H2/b;8-6-. The van der Waals surface area contributed by atoms with Gasteiger partial charge in [0.1, 0.15) is 0 Å². The molecule has 0 bridgehead atoms. The number of oxime groups is 1. The number of non-ortho nitro benzene ring substituents is 1. The number of halogens is 1. The normalized spacial score (nSPS) is 19.5. The van der Waals surface area contributed by atoms with Crippen LogP contribution in [0.5, 0.6) is 0 Å². The van der Waals surface area contributed by atoms with Gasteiger partial charge in [-0.15, -0.1) is 11.6 Å². The highest BCUT2D eigenvalue weighted by molar-refractivity contribution is 6.32. The maximum absolute atomic E-state index is 10.3. The van der Waals surface area contributed by atoms with Crippen molar-refractivity contribution in [2.75, 3.05) is 0 Å². The number of carboxylic acids is 1. The Kier molecular flexibility index (Phi) is 6.61. The zero-order valence-corrected chi connectivity index (χ0v) is 11.9. The van der Waals surface area contributed by atoms with Crippen LogP contribution in [0.15, 0.2) is 29.4 Å². The number of carbonyl (C=O) groups is 1. The van der Waals surface area contributed by atoms with Crippen LogP contribution >= 0.6 is 11.6 Å². The zero-order chi connectivity index (χ0) is 15.8. The molecule has 7 nitrogen and oxygen atoms in total. The van der Waals surface area contributed by atoms with Crippen molar-refractivity contribution in [2.45, 2.75) is 31.1 Å². The van der Waals surface area contributed by atoms with E-state index in [0.29, 0.717) is 0 Å². The van der Waals surface area contributed by atoms with E-state index in [2.05, 4.69) is 5.16 Å². The Morgan fingerprint density at radius 3 is 2.33 bits per heavy atom. The number of nitro benzene ring substituents is 1. The van der Waals surface area contributed by atoms with Gasteiger partial charge in [0.2, 0.25) is 0 Å². The van der Waals surface area contributed by atoms with Gasteiger partial charge >= 0.3 is 5.97 Å². The maximum Gasteiger partial charge on any atom is 0.335 e. The van der Waals surface area contributed by atoms with Crippen LogP contribution < -0.4 is 0 Å². The van der Waals surface area contributed by atoms with Crippen molar-refractivity contribution >= 4 is 29.0 Å². The molecule has 0 heterocycles. The minimum absolute atomic E-state index is 0.0104. The summed E-state index contributed by atoms with van der Waals surface area (Å²) in [6, 6.07) is 4.70. The highest BCUT2D eigenvalue weighted by atomic mass is 35.5. The Morgan fingerprint density at radius 1 is 1.33 bits per heavy atom. The van der Waals surface area contributed by atoms with E-state index in [1.807, 2.05) is 0 Å². The first kappa shape index (κ1) is 16.9. The fourth-order valence-electron chi connectivity index (χ4n) is 1.79. The molecular formula is C13H15ClN2O5. The first-order valence-electron chi connectivity index (χ1n) is 6.28. The summed E-state index contributed by atoms with van der Waals surface area (Å²) in [5, 5.41) is 30.1. The smallest absolute Gasteiger partial charge is 0.335 e. The summed E-state index contributed by atoms with van der Waals surface area (Å²) >= 11 is 5.79. The van der Waals surface area contributed by atoms with Crippen molar-refractivity contribution in [3.63, 3.8) is 0 Å². The molecule has 1 aliphatic carbocycles. The molecule has 0 aromatic heterocycles. The summed E-state index contributed by atoms with van der Waals surface area (Å²) in [5.74, 6) is -1.09. The van der Waals surface area contributed by atoms with Gasteiger partial charge in [-0.05, 0) is 31.4 Å². The largest absolute Gasteiger partial charge is 0.478 e. The molecule has 0 saturated heterocycles. The van der Waals surface area contributed by atoms with Gasteiger partial charge in [0.15, 0.2) is 0 Å². The van der Waals surface area contributed by atoms with Gasteiger partial charge < -0.3 is 10.3 Å². The lowest BCUT2D eigenvalue weighted by Crippen LogP contribution is -2.18. The summed E-state index contributed by atoms with van der Waals surface area (Å²) in [5.41, 5.74) is 0.684. The topological polar surface area (TPSA) is 113 Å². The third kappa shape index (κ3) is 5.39. The predicted octanol–water partition coefficient (Wildman–Crippen LogP) is 3.29. The second-order valence-corrected chi connectivity index (χ2v) is 4.94. The van der Waals surface area contributed by atoms with Gasteiger partial charge in [-0.2, -0.15) is 0 Å². The average Bonchev–Trinajstić information content (AvgIpc) is 2.48. The van der Waals surface area contributed by atoms with Crippen molar-refractivity contribution in [3.05, 3.63) is 39.9 Å². The van der Waals surface area contributed by atoms with E-state index >= 15 is 0 Å². The Morgan fingerprint density at radius 2 is 1.95 bits per heavy atom. The molecule has 114 valence electrons. The lowest BCUT2D eigenvalue weighted by molar-refractivity contribution is -0.384. The van der Waals surface area contributed by atoms with Crippen LogP contribution in [-0.4, -0.2) is 32.3 Å². The number of benzene rings is 1. The molecule has 1 saturated carbocycles. The molecule has 21 heavy (non-hydrogen) atoms. The van der Waals surface area contributed by atoms with Crippen LogP contribution in [0.2, 0.25) is 0 Å². The van der Waals surface area contributed by atoms with E-state index in [0.717, 1.165) is 43.5 Å². The number of alkyl halides is 1. The molecule has 1 aromatic rings. The summed E-state index contributed by atoms with van der Waals surface area (Å²) in [4.78, 5) is 19.9. The van der Waals surface area contributed by atoms with Gasteiger partial charge in [0, 0.05) is 12.1 Å². The zero-order valence-electron chi connectivity index (χ0n) is 11.1. The molecule has 0 aliphatic heterocycles. The number of nitro groups is 1. The predicted molar refractivity (Wildman–Crippen MR) is 77.4 cm³/mol. The first-order valence-corrected chi connectivity index (χ1v) is 6.72. The van der Waals surface area contributed by atoms with Crippen molar-refractivity contribution in [2.24, 2.45) is 5.16 Å². The first-order chi connectivity index (χ1) is 9.95. The third-order valence-corrected chi connectivity index (χ3v) is 3.43. The SMILES string of the molecule is O/N=C1/CCCCC1Cl.O=C(O)c1ccc([N+](=O)[O-])cc1.